The van der Waals surface area contributed by atoms with Gasteiger partial charge in [0.25, 0.3) is 0 Å². The number of hydrogen-bond acceptors (Lipinski definition) is 3. The van der Waals surface area contributed by atoms with E-state index in [-0.39, 0.29) is 10.8 Å². The molecule has 1 aromatic rings. The number of anilines is 1. The first kappa shape index (κ1) is 18.4. The summed E-state index contributed by atoms with van der Waals surface area (Å²) in [4.78, 5) is 12.0. The lowest BCUT2D eigenvalue weighted by Crippen LogP contribution is -2.31. The molecule has 0 aliphatic heterocycles. The minimum absolute atomic E-state index is 0.228. The zero-order valence-corrected chi connectivity index (χ0v) is 14.6. The summed E-state index contributed by atoms with van der Waals surface area (Å²) in [6, 6.07) is 4.92. The number of nitrogens with one attached hydrogen (secondary N) is 1. The Labute approximate surface area is 133 Å². The topological polar surface area (TPSA) is 66.5 Å². The Kier molecular flexibility index (Phi) is 6.32. The van der Waals surface area contributed by atoms with Crippen molar-refractivity contribution in [1.29, 1.82) is 0 Å². The number of carbonyl (C=O) groups is 1. The van der Waals surface area contributed by atoms with Crippen LogP contribution < -0.4 is 5.32 Å². The van der Waals surface area contributed by atoms with E-state index in [1.807, 2.05) is 13.8 Å². The van der Waals surface area contributed by atoms with E-state index < -0.39 is 10.0 Å². The molecule has 22 heavy (non-hydrogen) atoms. The second-order valence-corrected chi connectivity index (χ2v) is 7.19. The molecule has 0 atom stereocenters. The van der Waals surface area contributed by atoms with Crippen molar-refractivity contribution in [2.24, 2.45) is 0 Å². The van der Waals surface area contributed by atoms with Crippen LogP contribution in [0.15, 0.2) is 34.7 Å². The molecule has 1 amide bonds. The molecule has 1 aromatic carbocycles. The maximum absolute atomic E-state index is 12.6. The Balaban J connectivity index is 3.20. The molecular weight excluding hydrogens is 300 g/mol. The van der Waals surface area contributed by atoms with Crippen molar-refractivity contribution in [3.8, 4) is 0 Å². The number of amides is 1. The lowest BCUT2D eigenvalue weighted by atomic mass is 10.2. The van der Waals surface area contributed by atoms with Crippen LogP contribution in [-0.4, -0.2) is 31.7 Å². The summed E-state index contributed by atoms with van der Waals surface area (Å²) in [5.74, 6) is -0.268. The molecule has 0 aliphatic carbocycles. The van der Waals surface area contributed by atoms with Crippen molar-refractivity contribution in [3.05, 3.63) is 35.4 Å². The average molecular weight is 324 g/mol. The number of nitrogens with zero attached hydrogens (tertiary/aromatic N) is 1. The third-order valence-electron chi connectivity index (χ3n) is 3.20. The van der Waals surface area contributed by atoms with Gasteiger partial charge < -0.3 is 5.32 Å². The van der Waals surface area contributed by atoms with Gasteiger partial charge in [-0.15, -0.1) is 0 Å². The summed E-state index contributed by atoms with van der Waals surface area (Å²) in [7, 11) is -3.55. The Morgan fingerprint density at radius 1 is 1.23 bits per heavy atom. The van der Waals surface area contributed by atoms with Crippen molar-refractivity contribution in [3.63, 3.8) is 0 Å². The van der Waals surface area contributed by atoms with Gasteiger partial charge in [0.05, 0.1) is 4.90 Å². The van der Waals surface area contributed by atoms with Gasteiger partial charge in [-0.2, -0.15) is 4.31 Å². The van der Waals surface area contributed by atoms with E-state index in [4.69, 9.17) is 0 Å². The fourth-order valence-corrected chi connectivity index (χ4v) is 3.81. The minimum atomic E-state index is -3.55. The SMILES string of the molecule is CCN(CC)S(=O)(=O)c1cc(NC(=O)C=C(C)C)ccc1C. The van der Waals surface area contributed by atoms with Crippen molar-refractivity contribution < 1.29 is 13.2 Å². The number of hydrogen-bond donors (Lipinski definition) is 1. The van der Waals surface area contributed by atoms with E-state index >= 15 is 0 Å². The predicted octanol–water partition coefficient (Wildman–Crippen LogP) is 2.93. The molecule has 0 heterocycles. The summed E-state index contributed by atoms with van der Waals surface area (Å²) in [5, 5.41) is 2.69. The highest BCUT2D eigenvalue weighted by Gasteiger charge is 2.23. The van der Waals surface area contributed by atoms with Gasteiger partial charge in [-0.05, 0) is 38.5 Å². The molecule has 0 saturated carbocycles. The first-order valence-corrected chi connectivity index (χ1v) is 8.73. The first-order valence-electron chi connectivity index (χ1n) is 7.29. The van der Waals surface area contributed by atoms with E-state index in [9.17, 15) is 13.2 Å². The normalized spacial score (nSPS) is 11.4. The second-order valence-electron chi connectivity index (χ2n) is 5.28. The van der Waals surface area contributed by atoms with Gasteiger partial charge in [0.2, 0.25) is 15.9 Å². The molecule has 0 saturated heterocycles. The largest absolute Gasteiger partial charge is 0.322 e. The highest BCUT2D eigenvalue weighted by Crippen LogP contribution is 2.23. The van der Waals surface area contributed by atoms with Crippen molar-refractivity contribution in [2.75, 3.05) is 18.4 Å². The molecule has 1 rings (SSSR count). The van der Waals surface area contributed by atoms with E-state index in [1.54, 1.807) is 32.9 Å². The van der Waals surface area contributed by atoms with Gasteiger partial charge in [0, 0.05) is 24.9 Å². The monoisotopic (exact) mass is 324 g/mol. The number of sulfonamides is 1. The number of carbonyl (C=O) groups excluding carboxylic acids is 1. The Morgan fingerprint density at radius 2 is 1.82 bits per heavy atom. The van der Waals surface area contributed by atoms with Gasteiger partial charge in [-0.25, -0.2) is 8.42 Å². The van der Waals surface area contributed by atoms with E-state index in [0.29, 0.717) is 24.3 Å². The summed E-state index contributed by atoms with van der Waals surface area (Å²) in [5.41, 5.74) is 2.01. The lowest BCUT2D eigenvalue weighted by Gasteiger charge is -2.20. The minimum Gasteiger partial charge on any atom is -0.322 e. The molecule has 6 heteroatoms. The molecular formula is C16H24N2O3S. The van der Waals surface area contributed by atoms with Crippen LogP contribution in [0.1, 0.15) is 33.3 Å². The highest BCUT2D eigenvalue weighted by atomic mass is 32.2. The van der Waals surface area contributed by atoms with Gasteiger partial charge in [0.15, 0.2) is 0 Å². The maximum Gasteiger partial charge on any atom is 0.248 e. The third-order valence-corrected chi connectivity index (χ3v) is 5.39. The highest BCUT2D eigenvalue weighted by molar-refractivity contribution is 7.89. The fourth-order valence-electron chi connectivity index (χ4n) is 2.10. The van der Waals surface area contributed by atoms with E-state index in [1.165, 1.54) is 16.4 Å². The molecule has 0 spiro atoms. The Hall–Kier alpha value is -1.66. The van der Waals surface area contributed by atoms with Crippen molar-refractivity contribution >= 4 is 21.6 Å². The van der Waals surface area contributed by atoms with Crippen LogP contribution in [0.2, 0.25) is 0 Å². The van der Waals surface area contributed by atoms with Crippen LogP contribution >= 0.6 is 0 Å². The molecule has 0 aliphatic rings. The Morgan fingerprint density at radius 3 is 2.32 bits per heavy atom. The zero-order valence-electron chi connectivity index (χ0n) is 13.8. The average Bonchev–Trinajstić information content (AvgIpc) is 2.40. The molecule has 0 radical (unpaired) electrons. The van der Waals surface area contributed by atoms with Gasteiger partial charge in [-0.3, -0.25) is 4.79 Å². The Bertz CT molecular complexity index is 671. The summed E-state index contributed by atoms with van der Waals surface area (Å²) in [6.45, 7) is 9.82. The van der Waals surface area contributed by atoms with Crippen LogP contribution in [0.5, 0.6) is 0 Å². The molecule has 0 aromatic heterocycles. The number of allylic oxidation sites excluding steroid dienone is 1. The van der Waals surface area contributed by atoms with Crippen LogP contribution in [0.3, 0.4) is 0 Å². The van der Waals surface area contributed by atoms with Crippen molar-refractivity contribution in [1.82, 2.24) is 4.31 Å². The number of benzene rings is 1. The third kappa shape index (κ3) is 4.42. The summed E-state index contributed by atoms with van der Waals surface area (Å²) in [6.07, 6.45) is 1.47. The van der Waals surface area contributed by atoms with E-state index in [0.717, 1.165) is 5.57 Å². The van der Waals surface area contributed by atoms with Crippen LogP contribution in [0.25, 0.3) is 0 Å². The first-order chi connectivity index (χ1) is 10.2. The molecule has 5 nitrogen and oxygen atoms in total. The van der Waals surface area contributed by atoms with E-state index in [2.05, 4.69) is 5.32 Å². The second kappa shape index (κ2) is 7.56. The molecule has 0 fully saturated rings. The maximum atomic E-state index is 12.6. The number of rotatable bonds is 6. The summed E-state index contributed by atoms with van der Waals surface area (Å²) < 4.78 is 26.7. The van der Waals surface area contributed by atoms with Crippen LogP contribution in [0.4, 0.5) is 5.69 Å². The van der Waals surface area contributed by atoms with Crippen molar-refractivity contribution in [2.45, 2.75) is 39.5 Å². The zero-order chi connectivity index (χ0) is 16.9. The quantitative estimate of drug-likeness (QED) is 0.818. The number of aryl methyl sites for hydroxylation is 1. The van der Waals surface area contributed by atoms with Gasteiger partial charge >= 0.3 is 0 Å². The summed E-state index contributed by atoms with van der Waals surface area (Å²) >= 11 is 0. The van der Waals surface area contributed by atoms with Gasteiger partial charge in [-0.1, -0.05) is 25.5 Å². The molecule has 0 bridgehead atoms. The van der Waals surface area contributed by atoms with Gasteiger partial charge in [0.1, 0.15) is 0 Å². The molecule has 1 N–H and O–H groups in total. The molecule has 0 unspecified atom stereocenters. The predicted molar refractivity (Wildman–Crippen MR) is 89.3 cm³/mol. The lowest BCUT2D eigenvalue weighted by molar-refractivity contribution is -0.111. The van der Waals surface area contributed by atoms with Crippen LogP contribution in [0, 0.1) is 6.92 Å². The standard InChI is InChI=1S/C16H24N2O3S/c1-6-18(7-2)22(20,21)15-11-14(9-8-13(15)5)17-16(19)10-12(3)4/h8-11H,6-7H2,1-5H3,(H,17,19). The fraction of sp³-hybridized carbons (Fsp3) is 0.438. The molecule has 122 valence electrons. The van der Waals surface area contributed by atoms with Crippen LogP contribution in [-0.2, 0) is 14.8 Å². The smallest absolute Gasteiger partial charge is 0.248 e.